The number of aromatic nitrogens is 2. The minimum Gasteiger partial charge on any atom is -0.309 e. The molecule has 2 aromatic heterocycles. The second kappa shape index (κ2) is 7.24. The van der Waals surface area contributed by atoms with Crippen LogP contribution in [0.3, 0.4) is 0 Å². The van der Waals surface area contributed by atoms with Gasteiger partial charge >= 0.3 is 0 Å². The average Bonchev–Trinajstić information content (AvgIpc) is 3.24. The molecule has 0 bridgehead atoms. The van der Waals surface area contributed by atoms with Crippen molar-refractivity contribution in [3.05, 3.63) is 59.5 Å². The van der Waals surface area contributed by atoms with Crippen LogP contribution in [0.25, 0.3) is 10.6 Å². The van der Waals surface area contributed by atoms with E-state index in [1.54, 1.807) is 11.3 Å². The highest BCUT2D eigenvalue weighted by molar-refractivity contribution is 7.13. The Morgan fingerprint density at radius 1 is 1.26 bits per heavy atom. The fourth-order valence-electron chi connectivity index (χ4n) is 2.58. The van der Waals surface area contributed by atoms with E-state index in [0.29, 0.717) is 5.82 Å². The monoisotopic (exact) mass is 325 g/mol. The van der Waals surface area contributed by atoms with E-state index in [4.69, 9.17) is 0 Å². The van der Waals surface area contributed by atoms with Gasteiger partial charge in [0.15, 0.2) is 5.82 Å². The Labute approximate surface area is 139 Å². The molecule has 2 N–H and O–H groups in total. The Balaban J connectivity index is 1.74. The van der Waals surface area contributed by atoms with Gasteiger partial charge in [0.1, 0.15) is 0 Å². The smallest absolute Gasteiger partial charge is 0.233 e. The van der Waals surface area contributed by atoms with Crippen molar-refractivity contribution in [2.75, 3.05) is 5.32 Å². The number of amides is 1. The number of rotatable bonds is 6. The van der Waals surface area contributed by atoms with Crippen LogP contribution < -0.4 is 5.32 Å². The van der Waals surface area contributed by atoms with Crippen molar-refractivity contribution in [1.29, 1.82) is 0 Å². The topological polar surface area (TPSA) is 57.8 Å². The van der Waals surface area contributed by atoms with Crippen LogP contribution >= 0.6 is 11.3 Å². The quantitative estimate of drug-likeness (QED) is 0.692. The Bertz CT molecular complexity index is 750. The van der Waals surface area contributed by atoms with Crippen molar-refractivity contribution in [3.63, 3.8) is 0 Å². The first-order valence-electron chi connectivity index (χ1n) is 7.73. The summed E-state index contributed by atoms with van der Waals surface area (Å²) in [7, 11) is 0. The lowest BCUT2D eigenvalue weighted by Crippen LogP contribution is -2.21. The van der Waals surface area contributed by atoms with E-state index in [9.17, 15) is 4.79 Å². The summed E-state index contributed by atoms with van der Waals surface area (Å²) in [6.07, 6.45) is 1.77. The molecule has 0 aliphatic heterocycles. The number of thiophene rings is 1. The second-order valence-electron chi connectivity index (χ2n) is 5.39. The van der Waals surface area contributed by atoms with E-state index in [1.807, 2.05) is 53.9 Å². The van der Waals surface area contributed by atoms with Crippen molar-refractivity contribution >= 4 is 23.1 Å². The zero-order valence-electron chi connectivity index (χ0n) is 13.0. The summed E-state index contributed by atoms with van der Waals surface area (Å²) in [5, 5.41) is 12.1. The van der Waals surface area contributed by atoms with E-state index in [2.05, 4.69) is 22.4 Å². The summed E-state index contributed by atoms with van der Waals surface area (Å²) in [6, 6.07) is 15.8. The van der Waals surface area contributed by atoms with Gasteiger partial charge in [-0.2, -0.15) is 5.10 Å². The first-order valence-corrected chi connectivity index (χ1v) is 8.61. The molecule has 4 nitrogen and oxygen atoms in total. The van der Waals surface area contributed by atoms with Gasteiger partial charge in [-0.05, 0) is 23.4 Å². The molecule has 118 valence electrons. The third kappa shape index (κ3) is 3.68. The number of carbonyl (C=O) groups excluding carboxylic acids is 1. The third-order valence-electron chi connectivity index (χ3n) is 3.71. The van der Waals surface area contributed by atoms with Gasteiger partial charge in [0.2, 0.25) is 5.91 Å². The molecule has 0 fully saturated rings. The van der Waals surface area contributed by atoms with Crippen molar-refractivity contribution in [1.82, 2.24) is 10.2 Å². The van der Waals surface area contributed by atoms with Crippen LogP contribution in [-0.2, 0) is 4.79 Å². The molecule has 0 aliphatic carbocycles. The minimum atomic E-state index is -0.150. The normalized spacial score (nSPS) is 12.0. The van der Waals surface area contributed by atoms with E-state index in [1.165, 1.54) is 0 Å². The van der Waals surface area contributed by atoms with E-state index >= 15 is 0 Å². The van der Waals surface area contributed by atoms with Crippen LogP contribution in [0, 0.1) is 0 Å². The fraction of sp³-hybridized carbons (Fsp3) is 0.222. The molecule has 5 heteroatoms. The molecule has 1 amide bonds. The minimum absolute atomic E-state index is 0.0118. The lowest BCUT2D eigenvalue weighted by Gasteiger charge is -2.15. The second-order valence-corrected chi connectivity index (χ2v) is 6.33. The highest BCUT2D eigenvalue weighted by Crippen LogP contribution is 2.26. The number of nitrogens with zero attached hydrogens (tertiary/aromatic N) is 1. The van der Waals surface area contributed by atoms with Gasteiger partial charge in [-0.3, -0.25) is 9.89 Å². The Hall–Kier alpha value is -2.40. The van der Waals surface area contributed by atoms with Crippen LogP contribution in [0.2, 0.25) is 0 Å². The molecular formula is C18H19N3OS. The molecule has 0 spiro atoms. The van der Waals surface area contributed by atoms with Gasteiger partial charge in [-0.1, -0.05) is 49.7 Å². The van der Waals surface area contributed by atoms with Gasteiger partial charge in [0, 0.05) is 6.07 Å². The molecule has 1 aromatic carbocycles. The SMILES string of the molecule is CCCC(C(=O)Nc1cc(-c2cccs2)[nH]n1)c1ccccc1. The summed E-state index contributed by atoms with van der Waals surface area (Å²) in [5.74, 6) is 0.404. The molecule has 3 rings (SSSR count). The number of H-pyrrole nitrogens is 1. The van der Waals surface area contributed by atoms with Crippen LogP contribution in [0.1, 0.15) is 31.2 Å². The molecule has 3 aromatic rings. The van der Waals surface area contributed by atoms with Gasteiger partial charge in [-0.25, -0.2) is 0 Å². The van der Waals surface area contributed by atoms with Crippen LogP contribution in [0.5, 0.6) is 0 Å². The van der Waals surface area contributed by atoms with Gasteiger partial charge in [-0.15, -0.1) is 11.3 Å². The van der Waals surface area contributed by atoms with Gasteiger partial charge < -0.3 is 5.32 Å². The number of anilines is 1. The maximum Gasteiger partial charge on any atom is 0.233 e. The maximum atomic E-state index is 12.6. The maximum absolute atomic E-state index is 12.6. The summed E-state index contributed by atoms with van der Waals surface area (Å²) >= 11 is 1.64. The number of benzene rings is 1. The van der Waals surface area contributed by atoms with Gasteiger partial charge in [0.25, 0.3) is 0 Å². The van der Waals surface area contributed by atoms with E-state index in [-0.39, 0.29) is 11.8 Å². The molecule has 1 atom stereocenters. The third-order valence-corrected chi connectivity index (χ3v) is 4.61. The first-order chi connectivity index (χ1) is 11.3. The molecule has 2 heterocycles. The predicted molar refractivity (Wildman–Crippen MR) is 94.6 cm³/mol. The fourth-order valence-corrected chi connectivity index (χ4v) is 3.27. The van der Waals surface area contributed by atoms with Crippen LogP contribution in [0.4, 0.5) is 5.82 Å². The summed E-state index contributed by atoms with van der Waals surface area (Å²) in [6.45, 7) is 2.09. The Kier molecular flexibility index (Phi) is 4.88. The number of nitrogens with one attached hydrogen (secondary N) is 2. The number of aromatic amines is 1. The molecule has 0 aliphatic rings. The summed E-state index contributed by atoms with van der Waals surface area (Å²) in [5.41, 5.74) is 1.96. The Morgan fingerprint density at radius 3 is 2.78 bits per heavy atom. The molecular weight excluding hydrogens is 306 g/mol. The number of hydrogen-bond acceptors (Lipinski definition) is 3. The lowest BCUT2D eigenvalue weighted by molar-refractivity contribution is -0.117. The molecule has 0 radical (unpaired) electrons. The summed E-state index contributed by atoms with van der Waals surface area (Å²) in [4.78, 5) is 13.7. The van der Waals surface area contributed by atoms with E-state index in [0.717, 1.165) is 29.0 Å². The van der Waals surface area contributed by atoms with Crippen molar-refractivity contribution in [2.24, 2.45) is 0 Å². The number of hydrogen-bond donors (Lipinski definition) is 2. The highest BCUT2D eigenvalue weighted by Gasteiger charge is 2.20. The largest absolute Gasteiger partial charge is 0.309 e. The van der Waals surface area contributed by atoms with Gasteiger partial charge in [0.05, 0.1) is 16.5 Å². The zero-order chi connectivity index (χ0) is 16.1. The average molecular weight is 325 g/mol. The summed E-state index contributed by atoms with van der Waals surface area (Å²) < 4.78 is 0. The zero-order valence-corrected chi connectivity index (χ0v) is 13.8. The molecule has 0 saturated heterocycles. The molecule has 0 saturated carbocycles. The number of carbonyl (C=O) groups is 1. The van der Waals surface area contributed by atoms with E-state index < -0.39 is 0 Å². The van der Waals surface area contributed by atoms with Crippen LogP contribution in [-0.4, -0.2) is 16.1 Å². The van der Waals surface area contributed by atoms with Crippen molar-refractivity contribution in [2.45, 2.75) is 25.7 Å². The lowest BCUT2D eigenvalue weighted by atomic mass is 9.94. The first kappa shape index (κ1) is 15.5. The highest BCUT2D eigenvalue weighted by atomic mass is 32.1. The molecule has 1 unspecified atom stereocenters. The Morgan fingerprint density at radius 2 is 2.09 bits per heavy atom. The standard InChI is InChI=1S/C18H19N3OS/c1-2-7-14(13-8-4-3-5-9-13)18(22)19-17-12-15(20-21-17)16-10-6-11-23-16/h3-6,8-12,14H,2,7H2,1H3,(H2,19,20,21,22). The van der Waals surface area contributed by atoms with Crippen LogP contribution in [0.15, 0.2) is 53.9 Å². The predicted octanol–water partition coefficient (Wildman–Crippen LogP) is 4.66. The van der Waals surface area contributed by atoms with Crippen molar-refractivity contribution < 1.29 is 4.79 Å². The van der Waals surface area contributed by atoms with Crippen molar-refractivity contribution in [3.8, 4) is 10.6 Å². The molecule has 23 heavy (non-hydrogen) atoms.